The summed E-state index contributed by atoms with van der Waals surface area (Å²) in [6.07, 6.45) is 3.81. The van der Waals surface area contributed by atoms with Crippen molar-refractivity contribution in [1.29, 1.82) is 0 Å². The molecule has 0 aliphatic carbocycles. The van der Waals surface area contributed by atoms with Gasteiger partial charge >= 0.3 is 0 Å². The Bertz CT molecular complexity index is 114. The molecule has 0 bridgehead atoms. The van der Waals surface area contributed by atoms with E-state index >= 15 is 0 Å². The normalized spacial score (nSPS) is 11.9. The quantitative estimate of drug-likeness (QED) is 0.564. The second kappa shape index (κ2) is 3.28. The fourth-order valence-electron chi connectivity index (χ4n) is 0.340. The number of hydrogen-bond donors (Lipinski definition) is 1. The Morgan fingerprint density at radius 3 is 2.44 bits per heavy atom. The van der Waals surface area contributed by atoms with Crippen molar-refractivity contribution in [2.75, 3.05) is 7.05 Å². The molecule has 0 rings (SSSR count). The van der Waals surface area contributed by atoms with Gasteiger partial charge in [-0.05, 0) is 32.8 Å². The minimum absolute atomic E-state index is 0.136. The second-order valence-electron chi connectivity index (χ2n) is 2.43. The van der Waals surface area contributed by atoms with Crippen LogP contribution in [0.4, 0.5) is 0 Å². The van der Waals surface area contributed by atoms with Gasteiger partial charge in [-0.25, -0.2) is 0 Å². The van der Waals surface area contributed by atoms with Crippen LogP contribution >= 0.6 is 0 Å². The zero-order valence-corrected chi connectivity index (χ0v) is 6.31. The summed E-state index contributed by atoms with van der Waals surface area (Å²) in [5.74, 6) is 0. The van der Waals surface area contributed by atoms with Crippen LogP contribution in [0.2, 0.25) is 0 Å². The highest BCUT2D eigenvalue weighted by atomic mass is 14.8. The van der Waals surface area contributed by atoms with Crippen molar-refractivity contribution in [1.82, 2.24) is 5.32 Å². The molecule has 0 saturated heterocycles. The molecule has 0 saturated carbocycles. The standard InChI is InChI=1S/C7H14N2/c1-7(2,9-4)5-6-8-3/h5-6,8H,4H2,1-3H3/b6-5-. The minimum atomic E-state index is -0.136. The van der Waals surface area contributed by atoms with Crippen LogP contribution < -0.4 is 5.32 Å². The number of aliphatic imine (C=N–C) groups is 1. The fourth-order valence-corrected chi connectivity index (χ4v) is 0.340. The van der Waals surface area contributed by atoms with Gasteiger partial charge in [0.15, 0.2) is 0 Å². The summed E-state index contributed by atoms with van der Waals surface area (Å²) in [5.41, 5.74) is -0.136. The highest BCUT2D eigenvalue weighted by Crippen LogP contribution is 2.07. The van der Waals surface area contributed by atoms with E-state index in [4.69, 9.17) is 0 Å². The third-order valence-corrected chi connectivity index (χ3v) is 1.07. The van der Waals surface area contributed by atoms with Crippen molar-refractivity contribution >= 4 is 6.72 Å². The minimum Gasteiger partial charge on any atom is -0.394 e. The first-order valence-corrected chi connectivity index (χ1v) is 2.95. The predicted molar refractivity (Wildman–Crippen MR) is 41.8 cm³/mol. The zero-order valence-electron chi connectivity index (χ0n) is 6.31. The largest absolute Gasteiger partial charge is 0.394 e. The lowest BCUT2D eigenvalue weighted by molar-refractivity contribution is 0.659. The molecule has 0 heterocycles. The van der Waals surface area contributed by atoms with Crippen LogP contribution in [-0.2, 0) is 0 Å². The van der Waals surface area contributed by atoms with Crippen molar-refractivity contribution < 1.29 is 0 Å². The SMILES string of the molecule is C=NC(C)(C)/C=C\NC. The topological polar surface area (TPSA) is 24.4 Å². The van der Waals surface area contributed by atoms with E-state index in [0.717, 1.165) is 0 Å². The van der Waals surface area contributed by atoms with Crippen molar-refractivity contribution in [2.45, 2.75) is 19.4 Å². The molecule has 9 heavy (non-hydrogen) atoms. The molecular formula is C7H14N2. The predicted octanol–water partition coefficient (Wildman–Crippen LogP) is 1.20. The molecule has 0 radical (unpaired) electrons. The van der Waals surface area contributed by atoms with E-state index in [-0.39, 0.29) is 5.54 Å². The highest BCUT2D eigenvalue weighted by molar-refractivity contribution is 5.27. The van der Waals surface area contributed by atoms with Gasteiger partial charge in [0.2, 0.25) is 0 Å². The van der Waals surface area contributed by atoms with E-state index < -0.39 is 0 Å². The van der Waals surface area contributed by atoms with Gasteiger partial charge < -0.3 is 5.32 Å². The molecule has 0 atom stereocenters. The van der Waals surface area contributed by atoms with Gasteiger partial charge in [-0.2, -0.15) is 0 Å². The van der Waals surface area contributed by atoms with Gasteiger partial charge in [0.25, 0.3) is 0 Å². The summed E-state index contributed by atoms with van der Waals surface area (Å²) in [7, 11) is 1.86. The van der Waals surface area contributed by atoms with Crippen LogP contribution in [0, 0.1) is 0 Å². The molecule has 0 aromatic rings. The average Bonchev–Trinajstić information content (AvgIpc) is 1.84. The van der Waals surface area contributed by atoms with Gasteiger partial charge in [-0.1, -0.05) is 0 Å². The summed E-state index contributed by atoms with van der Waals surface area (Å²) >= 11 is 0. The number of nitrogens with zero attached hydrogens (tertiary/aromatic N) is 1. The molecule has 0 amide bonds. The molecule has 0 spiro atoms. The molecular weight excluding hydrogens is 112 g/mol. The maximum Gasteiger partial charge on any atom is 0.0741 e. The fraction of sp³-hybridized carbons (Fsp3) is 0.571. The molecule has 0 aromatic carbocycles. The van der Waals surface area contributed by atoms with Crippen molar-refractivity contribution in [3.63, 3.8) is 0 Å². The third-order valence-electron chi connectivity index (χ3n) is 1.07. The summed E-state index contributed by atoms with van der Waals surface area (Å²) < 4.78 is 0. The number of nitrogens with one attached hydrogen (secondary N) is 1. The monoisotopic (exact) mass is 126 g/mol. The molecule has 52 valence electrons. The summed E-state index contributed by atoms with van der Waals surface area (Å²) in [6, 6.07) is 0. The maximum absolute atomic E-state index is 3.88. The molecule has 1 N–H and O–H groups in total. The zero-order chi connectivity index (χ0) is 7.33. The molecule has 0 aliphatic heterocycles. The lowest BCUT2D eigenvalue weighted by atomic mass is 10.1. The highest BCUT2D eigenvalue weighted by Gasteiger charge is 2.06. The first-order chi connectivity index (χ1) is 4.12. The van der Waals surface area contributed by atoms with Gasteiger partial charge in [0, 0.05) is 7.05 Å². The van der Waals surface area contributed by atoms with Crippen molar-refractivity contribution in [3.05, 3.63) is 12.3 Å². The van der Waals surface area contributed by atoms with Crippen LogP contribution in [0.3, 0.4) is 0 Å². The Kier molecular flexibility index (Phi) is 2.99. The van der Waals surface area contributed by atoms with E-state index in [1.165, 1.54) is 0 Å². The molecule has 0 aromatic heterocycles. The van der Waals surface area contributed by atoms with Gasteiger partial charge in [0.1, 0.15) is 0 Å². The summed E-state index contributed by atoms with van der Waals surface area (Å²) in [4.78, 5) is 3.88. The van der Waals surface area contributed by atoms with Gasteiger partial charge in [-0.3, -0.25) is 4.99 Å². The first-order valence-electron chi connectivity index (χ1n) is 2.95. The smallest absolute Gasteiger partial charge is 0.0741 e. The van der Waals surface area contributed by atoms with Crippen molar-refractivity contribution in [2.24, 2.45) is 4.99 Å². The Balaban J connectivity index is 3.84. The molecule has 0 fully saturated rings. The summed E-state index contributed by atoms with van der Waals surface area (Å²) in [6.45, 7) is 7.44. The molecule has 0 unspecified atom stereocenters. The molecule has 0 aliphatic rings. The number of hydrogen-bond acceptors (Lipinski definition) is 2. The first kappa shape index (κ1) is 8.21. The lowest BCUT2D eigenvalue weighted by Gasteiger charge is -2.11. The maximum atomic E-state index is 3.88. The Hall–Kier alpha value is -0.790. The van der Waals surface area contributed by atoms with Crippen LogP contribution in [0.1, 0.15) is 13.8 Å². The van der Waals surface area contributed by atoms with E-state index in [0.29, 0.717) is 0 Å². The van der Waals surface area contributed by atoms with Crippen molar-refractivity contribution in [3.8, 4) is 0 Å². The Labute approximate surface area is 56.7 Å². The van der Waals surface area contributed by atoms with E-state index in [9.17, 15) is 0 Å². The van der Waals surface area contributed by atoms with E-state index in [1.807, 2.05) is 33.2 Å². The van der Waals surface area contributed by atoms with Crippen LogP contribution in [0.15, 0.2) is 17.3 Å². The van der Waals surface area contributed by atoms with Crippen LogP contribution in [0.5, 0.6) is 0 Å². The van der Waals surface area contributed by atoms with E-state index in [1.54, 1.807) is 0 Å². The average molecular weight is 126 g/mol. The third kappa shape index (κ3) is 3.76. The van der Waals surface area contributed by atoms with E-state index in [2.05, 4.69) is 17.0 Å². The Morgan fingerprint density at radius 1 is 1.56 bits per heavy atom. The summed E-state index contributed by atoms with van der Waals surface area (Å²) in [5, 5.41) is 2.89. The second-order valence-corrected chi connectivity index (χ2v) is 2.43. The van der Waals surface area contributed by atoms with Gasteiger partial charge in [0.05, 0.1) is 5.54 Å². The molecule has 2 nitrogen and oxygen atoms in total. The Morgan fingerprint density at radius 2 is 2.11 bits per heavy atom. The molecule has 2 heteroatoms. The lowest BCUT2D eigenvalue weighted by Crippen LogP contribution is -2.12. The van der Waals surface area contributed by atoms with Crippen LogP contribution in [0.25, 0.3) is 0 Å². The van der Waals surface area contributed by atoms with Crippen LogP contribution in [-0.4, -0.2) is 19.3 Å². The number of rotatable bonds is 3. The van der Waals surface area contributed by atoms with Gasteiger partial charge in [-0.15, -0.1) is 0 Å².